The summed E-state index contributed by atoms with van der Waals surface area (Å²) >= 11 is 0. The van der Waals surface area contributed by atoms with Gasteiger partial charge in [0, 0.05) is 18.3 Å². The molecular weight excluding hydrogens is 272 g/mol. The fourth-order valence-electron chi connectivity index (χ4n) is 6.59. The SMILES string of the molecule is CCC1CC(=O)C=C2CC[C@@H]3[C@H](CC[C@]4(C)C(=O)CC[C@@H]34)[C@H]21. The molecule has 3 fully saturated rings. The summed E-state index contributed by atoms with van der Waals surface area (Å²) in [4.78, 5) is 24.4. The molecule has 2 nitrogen and oxygen atoms in total. The first-order valence-corrected chi connectivity index (χ1v) is 9.31. The van der Waals surface area contributed by atoms with Crippen LogP contribution in [-0.4, -0.2) is 11.6 Å². The second-order valence-electron chi connectivity index (χ2n) is 8.47. The lowest BCUT2D eigenvalue weighted by Crippen LogP contribution is -2.48. The summed E-state index contributed by atoms with van der Waals surface area (Å²) in [6.45, 7) is 4.49. The van der Waals surface area contributed by atoms with Gasteiger partial charge in [0.25, 0.3) is 0 Å². The molecule has 2 heteroatoms. The summed E-state index contributed by atoms with van der Waals surface area (Å²) < 4.78 is 0. The second kappa shape index (κ2) is 5.04. The molecule has 0 amide bonds. The molecule has 0 spiro atoms. The van der Waals surface area contributed by atoms with Crippen molar-refractivity contribution in [2.45, 2.75) is 65.2 Å². The third kappa shape index (κ3) is 1.91. The van der Waals surface area contributed by atoms with Crippen molar-refractivity contribution in [3.05, 3.63) is 11.6 Å². The van der Waals surface area contributed by atoms with Gasteiger partial charge in [-0.15, -0.1) is 0 Å². The number of hydrogen-bond acceptors (Lipinski definition) is 2. The lowest BCUT2D eigenvalue weighted by molar-refractivity contribution is -0.131. The smallest absolute Gasteiger partial charge is 0.155 e. The maximum Gasteiger partial charge on any atom is 0.155 e. The van der Waals surface area contributed by atoms with Crippen LogP contribution in [0.25, 0.3) is 0 Å². The third-order valence-corrected chi connectivity index (χ3v) is 7.70. The Morgan fingerprint density at radius 3 is 2.73 bits per heavy atom. The van der Waals surface area contributed by atoms with Gasteiger partial charge in [-0.1, -0.05) is 25.8 Å². The quantitative estimate of drug-likeness (QED) is 0.722. The molecule has 4 aliphatic carbocycles. The molecule has 0 aromatic rings. The van der Waals surface area contributed by atoms with Gasteiger partial charge in [0.1, 0.15) is 5.78 Å². The zero-order chi connectivity index (χ0) is 15.5. The van der Waals surface area contributed by atoms with Gasteiger partial charge in [-0.05, 0) is 67.8 Å². The number of hydrogen-bond donors (Lipinski definition) is 0. The number of carbonyl (C=O) groups excluding carboxylic acids is 2. The van der Waals surface area contributed by atoms with E-state index in [9.17, 15) is 9.59 Å². The summed E-state index contributed by atoms with van der Waals surface area (Å²) in [6, 6.07) is 0. The molecule has 0 saturated heterocycles. The highest BCUT2D eigenvalue weighted by Crippen LogP contribution is 2.61. The molecule has 0 bridgehead atoms. The van der Waals surface area contributed by atoms with Crippen LogP contribution < -0.4 is 0 Å². The van der Waals surface area contributed by atoms with Crippen molar-refractivity contribution >= 4 is 11.6 Å². The molecule has 0 aromatic carbocycles. The fraction of sp³-hybridized carbons (Fsp3) is 0.800. The molecular formula is C20H28O2. The van der Waals surface area contributed by atoms with Crippen LogP contribution >= 0.6 is 0 Å². The molecule has 3 saturated carbocycles. The Balaban J connectivity index is 1.67. The maximum absolute atomic E-state index is 12.4. The molecule has 0 heterocycles. The van der Waals surface area contributed by atoms with Crippen LogP contribution in [-0.2, 0) is 9.59 Å². The minimum absolute atomic E-state index is 0.0193. The fourth-order valence-corrected chi connectivity index (χ4v) is 6.59. The Labute approximate surface area is 133 Å². The van der Waals surface area contributed by atoms with E-state index >= 15 is 0 Å². The minimum Gasteiger partial charge on any atom is -0.299 e. The Bertz CT molecular complexity index is 546. The van der Waals surface area contributed by atoms with Gasteiger partial charge in [-0.25, -0.2) is 0 Å². The van der Waals surface area contributed by atoms with Gasteiger partial charge in [-0.2, -0.15) is 0 Å². The van der Waals surface area contributed by atoms with E-state index in [-0.39, 0.29) is 5.41 Å². The van der Waals surface area contributed by atoms with Crippen molar-refractivity contribution in [1.29, 1.82) is 0 Å². The van der Waals surface area contributed by atoms with Crippen LogP contribution in [0.1, 0.15) is 65.2 Å². The predicted octanol–water partition coefficient (Wildman–Crippen LogP) is 4.33. The first kappa shape index (κ1) is 14.7. The molecule has 4 aliphatic rings. The van der Waals surface area contributed by atoms with Crippen LogP contribution in [0, 0.1) is 35.0 Å². The number of fused-ring (bicyclic) bond motifs is 5. The molecule has 0 aromatic heterocycles. The monoisotopic (exact) mass is 300 g/mol. The van der Waals surface area contributed by atoms with E-state index < -0.39 is 0 Å². The van der Waals surface area contributed by atoms with Crippen molar-refractivity contribution in [2.24, 2.45) is 35.0 Å². The maximum atomic E-state index is 12.4. The van der Waals surface area contributed by atoms with E-state index in [1.54, 1.807) is 0 Å². The Morgan fingerprint density at radius 1 is 1.14 bits per heavy atom. The summed E-state index contributed by atoms with van der Waals surface area (Å²) in [5.41, 5.74) is 1.44. The molecule has 0 N–H and O–H groups in total. The minimum atomic E-state index is -0.0193. The van der Waals surface area contributed by atoms with E-state index in [1.165, 1.54) is 18.4 Å². The van der Waals surface area contributed by atoms with Gasteiger partial charge in [0.2, 0.25) is 0 Å². The van der Waals surface area contributed by atoms with Crippen molar-refractivity contribution in [3.8, 4) is 0 Å². The van der Waals surface area contributed by atoms with E-state index in [4.69, 9.17) is 0 Å². The first-order valence-electron chi connectivity index (χ1n) is 9.31. The van der Waals surface area contributed by atoms with Crippen LogP contribution in [0.4, 0.5) is 0 Å². The summed E-state index contributed by atoms with van der Waals surface area (Å²) in [5, 5.41) is 0. The van der Waals surface area contributed by atoms with Crippen LogP contribution in [0.5, 0.6) is 0 Å². The van der Waals surface area contributed by atoms with Crippen molar-refractivity contribution in [2.75, 3.05) is 0 Å². The number of Topliss-reactive ketones (excluding diaryl/α,β-unsaturated/α-hetero) is 1. The van der Waals surface area contributed by atoms with Gasteiger partial charge < -0.3 is 0 Å². The topological polar surface area (TPSA) is 34.1 Å². The zero-order valence-corrected chi connectivity index (χ0v) is 13.9. The lowest BCUT2D eigenvalue weighted by atomic mass is 9.50. The van der Waals surface area contributed by atoms with Gasteiger partial charge in [0.15, 0.2) is 5.78 Å². The molecule has 22 heavy (non-hydrogen) atoms. The van der Waals surface area contributed by atoms with E-state index in [2.05, 4.69) is 13.8 Å². The first-order chi connectivity index (χ1) is 10.5. The second-order valence-corrected chi connectivity index (χ2v) is 8.47. The summed E-state index contributed by atoms with van der Waals surface area (Å²) in [5.74, 6) is 4.17. The Morgan fingerprint density at radius 2 is 1.95 bits per heavy atom. The summed E-state index contributed by atoms with van der Waals surface area (Å²) in [6.07, 6.45) is 10.4. The van der Waals surface area contributed by atoms with Crippen molar-refractivity contribution in [1.82, 2.24) is 0 Å². The average Bonchev–Trinajstić information content (AvgIpc) is 2.81. The lowest BCUT2D eigenvalue weighted by Gasteiger charge is -2.53. The normalized spacial score (nSPS) is 47.5. The Kier molecular flexibility index (Phi) is 3.36. The number of ketones is 2. The van der Waals surface area contributed by atoms with Gasteiger partial charge in [-0.3, -0.25) is 9.59 Å². The Hall–Kier alpha value is -0.920. The average molecular weight is 300 g/mol. The molecule has 0 aliphatic heterocycles. The molecule has 0 radical (unpaired) electrons. The van der Waals surface area contributed by atoms with Gasteiger partial charge in [0.05, 0.1) is 0 Å². The van der Waals surface area contributed by atoms with Crippen molar-refractivity contribution in [3.63, 3.8) is 0 Å². The van der Waals surface area contributed by atoms with E-state index in [0.717, 1.165) is 50.4 Å². The largest absolute Gasteiger partial charge is 0.299 e. The van der Waals surface area contributed by atoms with Crippen LogP contribution in [0.3, 0.4) is 0 Å². The van der Waals surface area contributed by atoms with Gasteiger partial charge >= 0.3 is 0 Å². The standard InChI is InChI=1S/C20H28O2/c1-3-12-10-14(21)11-13-4-5-15-16(19(12)13)8-9-20(2)17(15)6-7-18(20)22/h11-12,15-17,19H,3-10H2,1-2H3/t12?,15-,16+,17+,19+,20+/m1/s1. The van der Waals surface area contributed by atoms with Crippen molar-refractivity contribution < 1.29 is 9.59 Å². The predicted molar refractivity (Wildman–Crippen MR) is 86.3 cm³/mol. The zero-order valence-electron chi connectivity index (χ0n) is 13.9. The molecule has 1 unspecified atom stereocenters. The van der Waals surface area contributed by atoms with E-state index in [1.807, 2.05) is 6.08 Å². The van der Waals surface area contributed by atoms with Crippen LogP contribution in [0.15, 0.2) is 11.6 Å². The van der Waals surface area contributed by atoms with Crippen LogP contribution in [0.2, 0.25) is 0 Å². The van der Waals surface area contributed by atoms with E-state index in [0.29, 0.717) is 29.3 Å². The highest BCUT2D eigenvalue weighted by molar-refractivity contribution is 5.91. The molecule has 6 atom stereocenters. The number of carbonyl (C=O) groups is 2. The third-order valence-electron chi connectivity index (χ3n) is 7.70. The number of allylic oxidation sites excluding steroid dienone is 1. The molecule has 4 rings (SSSR count). The highest BCUT2D eigenvalue weighted by Gasteiger charge is 2.56. The highest BCUT2D eigenvalue weighted by atomic mass is 16.1. The summed E-state index contributed by atoms with van der Waals surface area (Å²) in [7, 11) is 0. The molecule has 120 valence electrons. The number of rotatable bonds is 1.